The van der Waals surface area contributed by atoms with Crippen LogP contribution in [0.1, 0.15) is 56.1 Å². The SMILES string of the molecule is O=C1O[C@]2(C[C@@H]1Nc1cc(C(F)(F)F)cc(C(F)(F)F)c1)OCCC21CCCCC1. The van der Waals surface area contributed by atoms with Crippen LogP contribution in [0.15, 0.2) is 18.2 Å². The van der Waals surface area contributed by atoms with E-state index in [2.05, 4.69) is 5.32 Å². The molecule has 1 aromatic rings. The Hall–Kier alpha value is -1.97. The molecule has 2 aliphatic heterocycles. The van der Waals surface area contributed by atoms with Gasteiger partial charge in [0.15, 0.2) is 0 Å². The molecule has 3 fully saturated rings. The van der Waals surface area contributed by atoms with Crippen molar-refractivity contribution in [3.05, 3.63) is 29.3 Å². The zero-order chi connectivity index (χ0) is 21.8. The predicted octanol–water partition coefficient (Wildman–Crippen LogP) is 5.52. The monoisotopic (exact) mass is 437 g/mol. The Labute approximate surface area is 168 Å². The molecule has 4 nitrogen and oxygen atoms in total. The molecule has 4 rings (SSSR count). The first-order valence-electron chi connectivity index (χ1n) is 9.87. The second kappa shape index (κ2) is 7.03. The van der Waals surface area contributed by atoms with Gasteiger partial charge in [0.1, 0.15) is 6.04 Å². The maximum atomic E-state index is 13.1. The highest BCUT2D eigenvalue weighted by molar-refractivity contribution is 5.82. The number of halogens is 6. The van der Waals surface area contributed by atoms with Gasteiger partial charge in [-0.05, 0) is 37.5 Å². The Morgan fingerprint density at radius 1 is 0.900 bits per heavy atom. The number of fused-ring (bicyclic) bond motifs is 1. The van der Waals surface area contributed by atoms with Gasteiger partial charge < -0.3 is 14.8 Å². The summed E-state index contributed by atoms with van der Waals surface area (Å²) in [6.07, 6.45) is -4.54. The number of hydrogen-bond acceptors (Lipinski definition) is 4. The molecule has 0 amide bonds. The summed E-state index contributed by atoms with van der Waals surface area (Å²) in [5, 5.41) is 2.53. The van der Waals surface area contributed by atoms with Crippen LogP contribution in [0, 0.1) is 5.41 Å². The van der Waals surface area contributed by atoms with Crippen LogP contribution < -0.4 is 5.32 Å². The second-order valence-corrected chi connectivity index (χ2v) is 8.31. The highest BCUT2D eigenvalue weighted by atomic mass is 19.4. The molecule has 0 aromatic heterocycles. The van der Waals surface area contributed by atoms with Crippen molar-refractivity contribution in [3.63, 3.8) is 0 Å². The average molecular weight is 437 g/mol. The number of ether oxygens (including phenoxy) is 2. The molecule has 10 heteroatoms. The van der Waals surface area contributed by atoms with E-state index in [9.17, 15) is 31.1 Å². The third-order valence-corrected chi connectivity index (χ3v) is 6.49. The molecular formula is C20H21F6NO3. The van der Waals surface area contributed by atoms with E-state index >= 15 is 0 Å². The molecule has 166 valence electrons. The minimum Gasteiger partial charge on any atom is -0.431 e. The Bertz CT molecular complexity index is 799. The van der Waals surface area contributed by atoms with E-state index in [0.717, 1.165) is 38.5 Å². The lowest BCUT2D eigenvalue weighted by molar-refractivity contribution is -0.235. The quantitative estimate of drug-likeness (QED) is 0.489. The zero-order valence-electron chi connectivity index (χ0n) is 16.0. The van der Waals surface area contributed by atoms with Crippen LogP contribution in [0.4, 0.5) is 32.0 Å². The second-order valence-electron chi connectivity index (χ2n) is 8.31. The minimum absolute atomic E-state index is 0.0451. The van der Waals surface area contributed by atoms with E-state index in [1.165, 1.54) is 0 Å². The molecule has 0 unspecified atom stereocenters. The van der Waals surface area contributed by atoms with Gasteiger partial charge in [0.2, 0.25) is 5.79 Å². The lowest BCUT2D eigenvalue weighted by Crippen LogP contribution is -2.46. The number of hydrogen-bond donors (Lipinski definition) is 1. The van der Waals surface area contributed by atoms with E-state index in [0.29, 0.717) is 18.7 Å². The number of carbonyl (C=O) groups excluding carboxylic acids is 1. The maximum Gasteiger partial charge on any atom is 0.416 e. The topological polar surface area (TPSA) is 47.6 Å². The van der Waals surface area contributed by atoms with Gasteiger partial charge in [-0.2, -0.15) is 26.3 Å². The van der Waals surface area contributed by atoms with Gasteiger partial charge in [0, 0.05) is 17.5 Å². The third kappa shape index (κ3) is 3.63. The van der Waals surface area contributed by atoms with E-state index in [4.69, 9.17) is 9.47 Å². The number of carbonyl (C=O) groups is 1. The molecular weight excluding hydrogens is 416 g/mol. The average Bonchev–Trinajstić information content (AvgIpc) is 3.14. The molecule has 2 saturated heterocycles. The zero-order valence-corrected chi connectivity index (χ0v) is 16.0. The fourth-order valence-electron chi connectivity index (χ4n) is 5.00. The number of anilines is 1. The third-order valence-electron chi connectivity index (χ3n) is 6.49. The van der Waals surface area contributed by atoms with Crippen LogP contribution in [-0.4, -0.2) is 24.4 Å². The molecule has 1 aliphatic carbocycles. The van der Waals surface area contributed by atoms with Crippen molar-refractivity contribution in [2.45, 2.75) is 69.1 Å². The lowest BCUT2D eigenvalue weighted by atomic mass is 9.66. The Morgan fingerprint density at radius 2 is 1.50 bits per heavy atom. The number of rotatable bonds is 2. The molecule has 0 radical (unpaired) electrons. The predicted molar refractivity (Wildman–Crippen MR) is 93.4 cm³/mol. The smallest absolute Gasteiger partial charge is 0.416 e. The summed E-state index contributed by atoms with van der Waals surface area (Å²) in [6.45, 7) is 0.405. The van der Waals surface area contributed by atoms with E-state index in [1.807, 2.05) is 0 Å². The van der Waals surface area contributed by atoms with Crippen molar-refractivity contribution in [2.24, 2.45) is 5.41 Å². The van der Waals surface area contributed by atoms with Crippen molar-refractivity contribution >= 4 is 11.7 Å². The molecule has 2 spiro atoms. The normalized spacial score (nSPS) is 28.9. The number of benzene rings is 1. The molecule has 1 N–H and O–H groups in total. The molecule has 0 bridgehead atoms. The summed E-state index contributed by atoms with van der Waals surface area (Å²) in [6, 6.07) is 0.0988. The molecule has 2 atom stereocenters. The van der Waals surface area contributed by atoms with Crippen LogP contribution in [0.3, 0.4) is 0 Å². The maximum absolute atomic E-state index is 13.1. The molecule has 1 aromatic carbocycles. The van der Waals surface area contributed by atoms with Crippen molar-refractivity contribution in [1.29, 1.82) is 0 Å². The number of alkyl halides is 6. The van der Waals surface area contributed by atoms with Crippen molar-refractivity contribution in [2.75, 3.05) is 11.9 Å². The van der Waals surface area contributed by atoms with Crippen LogP contribution in [0.2, 0.25) is 0 Å². The van der Waals surface area contributed by atoms with Crippen molar-refractivity contribution < 1.29 is 40.6 Å². The number of esters is 1. The summed E-state index contributed by atoms with van der Waals surface area (Å²) in [5.41, 5.74) is -3.67. The Morgan fingerprint density at radius 3 is 2.07 bits per heavy atom. The van der Waals surface area contributed by atoms with Gasteiger partial charge in [-0.15, -0.1) is 0 Å². The highest BCUT2D eigenvalue weighted by Gasteiger charge is 2.64. The molecule has 1 saturated carbocycles. The number of nitrogens with one attached hydrogen (secondary N) is 1. The van der Waals surface area contributed by atoms with Gasteiger partial charge in [0.25, 0.3) is 0 Å². The summed E-state index contributed by atoms with van der Waals surface area (Å²) in [7, 11) is 0. The van der Waals surface area contributed by atoms with Gasteiger partial charge in [-0.3, -0.25) is 0 Å². The highest BCUT2D eigenvalue weighted by Crippen LogP contribution is 2.57. The first-order valence-corrected chi connectivity index (χ1v) is 9.87. The lowest BCUT2D eigenvalue weighted by Gasteiger charge is -2.43. The minimum atomic E-state index is -4.96. The first kappa shape index (κ1) is 21.3. The molecule has 2 heterocycles. The largest absolute Gasteiger partial charge is 0.431 e. The van der Waals surface area contributed by atoms with Crippen LogP contribution >= 0.6 is 0 Å². The standard InChI is InChI=1S/C20H21F6NO3/c21-19(22,23)12-8-13(20(24,25)26)10-14(9-12)27-15-11-18(30-16(15)28)17(6-7-29-18)4-2-1-3-5-17/h8-10,15,27H,1-7,11H2/t15-,18-/m0/s1. The van der Waals surface area contributed by atoms with Crippen LogP contribution in [-0.2, 0) is 26.6 Å². The van der Waals surface area contributed by atoms with Crippen molar-refractivity contribution in [1.82, 2.24) is 0 Å². The summed E-state index contributed by atoms with van der Waals surface area (Å²) >= 11 is 0. The Kier molecular flexibility index (Phi) is 4.99. The fraction of sp³-hybridized carbons (Fsp3) is 0.650. The van der Waals surface area contributed by atoms with E-state index < -0.39 is 47.0 Å². The van der Waals surface area contributed by atoms with Crippen molar-refractivity contribution in [3.8, 4) is 0 Å². The van der Waals surface area contributed by atoms with E-state index in [1.54, 1.807) is 0 Å². The van der Waals surface area contributed by atoms with Crippen LogP contribution in [0.25, 0.3) is 0 Å². The van der Waals surface area contributed by atoms with Crippen LogP contribution in [0.5, 0.6) is 0 Å². The Balaban J connectivity index is 1.61. The fourth-order valence-corrected chi connectivity index (χ4v) is 5.00. The summed E-state index contributed by atoms with van der Waals surface area (Å²) in [5.74, 6) is -1.90. The summed E-state index contributed by atoms with van der Waals surface area (Å²) < 4.78 is 90.1. The van der Waals surface area contributed by atoms with Gasteiger partial charge in [-0.1, -0.05) is 19.3 Å². The molecule has 30 heavy (non-hydrogen) atoms. The van der Waals surface area contributed by atoms with Gasteiger partial charge in [-0.25, -0.2) is 4.79 Å². The first-order chi connectivity index (χ1) is 13.9. The van der Waals surface area contributed by atoms with Gasteiger partial charge in [0.05, 0.1) is 17.7 Å². The molecule has 3 aliphatic rings. The summed E-state index contributed by atoms with van der Waals surface area (Å²) in [4.78, 5) is 12.5. The van der Waals surface area contributed by atoms with E-state index in [-0.39, 0.29) is 17.9 Å². The van der Waals surface area contributed by atoms with Gasteiger partial charge >= 0.3 is 18.3 Å².